The first-order valence-corrected chi connectivity index (χ1v) is 8.94. The van der Waals surface area contributed by atoms with Crippen molar-refractivity contribution < 1.29 is 8.42 Å². The Morgan fingerprint density at radius 3 is 2.52 bits per heavy atom. The fourth-order valence-electron chi connectivity index (χ4n) is 2.27. The van der Waals surface area contributed by atoms with E-state index in [1.165, 1.54) is 12.3 Å². The quantitative estimate of drug-likeness (QED) is 0.659. The van der Waals surface area contributed by atoms with E-state index in [9.17, 15) is 8.42 Å². The molecule has 23 heavy (non-hydrogen) atoms. The highest BCUT2D eigenvalue weighted by Crippen LogP contribution is 2.15. The molecule has 0 aliphatic carbocycles. The van der Waals surface area contributed by atoms with Crippen LogP contribution in [0, 0.1) is 13.8 Å². The monoisotopic (exact) mass is 332 g/mol. The molecule has 0 saturated heterocycles. The van der Waals surface area contributed by atoms with Crippen LogP contribution in [0.15, 0.2) is 46.4 Å². The van der Waals surface area contributed by atoms with Gasteiger partial charge in [0.15, 0.2) is 15.8 Å². The molecule has 1 aromatic heterocycles. The molecular formula is C16H20N4O2S. The van der Waals surface area contributed by atoms with Gasteiger partial charge >= 0.3 is 0 Å². The van der Waals surface area contributed by atoms with Gasteiger partial charge in [-0.3, -0.25) is 4.98 Å². The van der Waals surface area contributed by atoms with E-state index in [0.29, 0.717) is 5.69 Å². The molecular weight excluding hydrogens is 312 g/mol. The second kappa shape index (κ2) is 6.78. The van der Waals surface area contributed by atoms with Crippen LogP contribution in [-0.2, 0) is 16.4 Å². The summed E-state index contributed by atoms with van der Waals surface area (Å²) in [6.07, 6.45) is 2.68. The Morgan fingerprint density at radius 1 is 1.26 bits per heavy atom. The molecule has 1 aromatic carbocycles. The van der Waals surface area contributed by atoms with Gasteiger partial charge in [0.25, 0.3) is 0 Å². The lowest BCUT2D eigenvalue weighted by atomic mass is 10.1. The summed E-state index contributed by atoms with van der Waals surface area (Å²) >= 11 is 0. The number of sulfone groups is 1. The zero-order valence-electron chi connectivity index (χ0n) is 13.4. The molecule has 0 aliphatic rings. The van der Waals surface area contributed by atoms with Crippen LogP contribution in [-0.4, -0.2) is 25.6 Å². The van der Waals surface area contributed by atoms with Crippen molar-refractivity contribution in [3.8, 4) is 0 Å². The van der Waals surface area contributed by atoms with E-state index in [1.807, 2.05) is 26.0 Å². The number of nitrogens with one attached hydrogen (secondary N) is 1. The van der Waals surface area contributed by atoms with Crippen molar-refractivity contribution in [3.63, 3.8) is 0 Å². The van der Waals surface area contributed by atoms with E-state index in [1.54, 1.807) is 6.07 Å². The molecule has 122 valence electrons. The minimum absolute atomic E-state index is 0.0902. The van der Waals surface area contributed by atoms with Crippen LogP contribution in [0.4, 0.5) is 5.69 Å². The number of guanidine groups is 1. The number of pyridine rings is 1. The summed E-state index contributed by atoms with van der Waals surface area (Å²) in [5.41, 5.74) is 9.32. The first kappa shape index (κ1) is 17.0. The number of aryl methyl sites for hydroxylation is 2. The van der Waals surface area contributed by atoms with E-state index in [-0.39, 0.29) is 17.4 Å². The first-order chi connectivity index (χ1) is 10.8. The fraction of sp³-hybridized carbons (Fsp3) is 0.250. The van der Waals surface area contributed by atoms with Crippen LogP contribution in [0.1, 0.15) is 16.8 Å². The van der Waals surface area contributed by atoms with Gasteiger partial charge in [0, 0.05) is 18.1 Å². The number of nitrogens with two attached hydrogens (primary N) is 1. The second-order valence-corrected chi connectivity index (χ2v) is 7.41. The Kier molecular flexibility index (Phi) is 5.00. The third-order valence-corrected chi connectivity index (χ3v) is 4.31. The van der Waals surface area contributed by atoms with Crippen molar-refractivity contribution >= 4 is 21.5 Å². The minimum atomic E-state index is -3.34. The van der Waals surface area contributed by atoms with Crippen molar-refractivity contribution in [2.45, 2.75) is 25.3 Å². The molecule has 0 bridgehead atoms. The highest BCUT2D eigenvalue weighted by atomic mass is 32.2. The third kappa shape index (κ3) is 4.79. The van der Waals surface area contributed by atoms with E-state index in [2.05, 4.69) is 21.4 Å². The molecule has 2 aromatic rings. The van der Waals surface area contributed by atoms with Gasteiger partial charge in [0.05, 0.1) is 17.1 Å². The SMILES string of the molecule is Cc1cc(C)cc(NC(N)=NCc2ncccc2S(C)(=O)=O)c1. The number of benzene rings is 1. The van der Waals surface area contributed by atoms with Crippen LogP contribution in [0.25, 0.3) is 0 Å². The molecule has 0 fully saturated rings. The molecule has 7 heteroatoms. The number of hydrogen-bond donors (Lipinski definition) is 2. The zero-order chi connectivity index (χ0) is 17.0. The lowest BCUT2D eigenvalue weighted by Crippen LogP contribution is -2.23. The summed E-state index contributed by atoms with van der Waals surface area (Å²) in [6, 6.07) is 9.07. The average Bonchev–Trinajstić information content (AvgIpc) is 2.43. The number of aromatic nitrogens is 1. The average molecular weight is 332 g/mol. The first-order valence-electron chi connectivity index (χ1n) is 7.05. The molecule has 0 aliphatic heterocycles. The van der Waals surface area contributed by atoms with Gasteiger partial charge in [-0.15, -0.1) is 0 Å². The normalized spacial score (nSPS) is 12.2. The number of aliphatic imine (C=N–C) groups is 1. The van der Waals surface area contributed by atoms with Gasteiger partial charge in [-0.1, -0.05) is 6.07 Å². The van der Waals surface area contributed by atoms with Gasteiger partial charge in [-0.25, -0.2) is 13.4 Å². The smallest absolute Gasteiger partial charge is 0.193 e. The second-order valence-electron chi connectivity index (χ2n) is 5.42. The summed E-state index contributed by atoms with van der Waals surface area (Å²) in [7, 11) is -3.34. The van der Waals surface area contributed by atoms with Crippen LogP contribution < -0.4 is 11.1 Å². The summed E-state index contributed by atoms with van der Waals surface area (Å²) < 4.78 is 23.5. The standard InChI is InChI=1S/C16H20N4O2S/c1-11-7-12(2)9-13(8-11)20-16(17)19-10-14-15(23(3,21)22)5-4-6-18-14/h4-9H,10H2,1-3H3,(H3,17,19,20). The van der Waals surface area contributed by atoms with Crippen LogP contribution in [0.3, 0.4) is 0 Å². The molecule has 0 atom stereocenters. The Labute approximate surface area is 136 Å². The lowest BCUT2D eigenvalue weighted by Gasteiger charge is -2.09. The zero-order valence-corrected chi connectivity index (χ0v) is 14.2. The molecule has 6 nitrogen and oxygen atoms in total. The summed E-state index contributed by atoms with van der Waals surface area (Å²) in [6.45, 7) is 4.09. The van der Waals surface area contributed by atoms with Crippen LogP contribution >= 0.6 is 0 Å². The molecule has 0 spiro atoms. The predicted octanol–water partition coefficient (Wildman–Crippen LogP) is 2.03. The summed E-state index contributed by atoms with van der Waals surface area (Å²) in [5, 5.41) is 3.00. The van der Waals surface area contributed by atoms with Crippen molar-refractivity contribution in [2.75, 3.05) is 11.6 Å². The summed E-state index contributed by atoms with van der Waals surface area (Å²) in [5.74, 6) is 0.208. The molecule has 2 rings (SSSR count). The highest BCUT2D eigenvalue weighted by Gasteiger charge is 2.13. The van der Waals surface area contributed by atoms with Gasteiger partial charge in [-0.2, -0.15) is 0 Å². The topological polar surface area (TPSA) is 97.4 Å². The van der Waals surface area contributed by atoms with E-state index < -0.39 is 9.84 Å². The van der Waals surface area contributed by atoms with Crippen molar-refractivity contribution in [3.05, 3.63) is 53.3 Å². The predicted molar refractivity (Wildman–Crippen MR) is 92.2 cm³/mol. The Morgan fingerprint density at radius 2 is 1.91 bits per heavy atom. The fourth-order valence-corrected chi connectivity index (χ4v) is 3.14. The summed E-state index contributed by atoms with van der Waals surface area (Å²) in [4.78, 5) is 8.43. The van der Waals surface area contributed by atoms with Crippen molar-refractivity contribution in [1.29, 1.82) is 0 Å². The molecule has 0 saturated carbocycles. The van der Waals surface area contributed by atoms with E-state index in [0.717, 1.165) is 23.1 Å². The Hall–Kier alpha value is -2.41. The van der Waals surface area contributed by atoms with E-state index >= 15 is 0 Å². The number of hydrogen-bond acceptors (Lipinski definition) is 4. The van der Waals surface area contributed by atoms with Crippen molar-refractivity contribution in [1.82, 2.24) is 4.98 Å². The molecule has 0 unspecified atom stereocenters. The van der Waals surface area contributed by atoms with Crippen LogP contribution in [0.2, 0.25) is 0 Å². The Bertz CT molecular complexity index is 825. The minimum Gasteiger partial charge on any atom is -0.370 e. The largest absolute Gasteiger partial charge is 0.370 e. The highest BCUT2D eigenvalue weighted by molar-refractivity contribution is 7.90. The maximum Gasteiger partial charge on any atom is 0.193 e. The molecule has 1 heterocycles. The Balaban J connectivity index is 2.17. The van der Waals surface area contributed by atoms with Gasteiger partial charge in [0.2, 0.25) is 0 Å². The number of rotatable bonds is 4. The number of nitrogens with zero attached hydrogens (tertiary/aromatic N) is 2. The molecule has 0 radical (unpaired) electrons. The van der Waals surface area contributed by atoms with Gasteiger partial charge < -0.3 is 11.1 Å². The maximum absolute atomic E-state index is 11.7. The van der Waals surface area contributed by atoms with Gasteiger partial charge in [-0.05, 0) is 49.2 Å². The number of anilines is 1. The molecule has 0 amide bonds. The lowest BCUT2D eigenvalue weighted by molar-refractivity contribution is 0.600. The van der Waals surface area contributed by atoms with Crippen LogP contribution in [0.5, 0.6) is 0 Å². The van der Waals surface area contributed by atoms with E-state index in [4.69, 9.17) is 5.73 Å². The molecule has 3 N–H and O–H groups in total. The van der Waals surface area contributed by atoms with Crippen molar-refractivity contribution in [2.24, 2.45) is 10.7 Å². The van der Waals surface area contributed by atoms with Gasteiger partial charge in [0.1, 0.15) is 0 Å². The maximum atomic E-state index is 11.7. The third-order valence-electron chi connectivity index (χ3n) is 3.14.